The van der Waals surface area contributed by atoms with E-state index in [9.17, 15) is 4.79 Å². The molecule has 0 saturated heterocycles. The standard InChI is InChI=1S/C17H20N2O2/c1-12(2)21-16-11-7-6-10-15(16)19-17(20)18-14-9-5-4-8-13(14)3/h4-12H,1-3H3,(H2,18,19,20). The molecule has 2 amide bonds. The highest BCUT2D eigenvalue weighted by Crippen LogP contribution is 2.25. The maximum Gasteiger partial charge on any atom is 0.323 e. The number of hydrogen-bond acceptors (Lipinski definition) is 2. The molecule has 0 unspecified atom stereocenters. The van der Waals surface area contributed by atoms with Crippen molar-refractivity contribution in [3.05, 3.63) is 54.1 Å². The van der Waals surface area contributed by atoms with Crippen LogP contribution in [0, 0.1) is 6.92 Å². The van der Waals surface area contributed by atoms with Gasteiger partial charge < -0.3 is 15.4 Å². The zero-order chi connectivity index (χ0) is 15.2. The van der Waals surface area contributed by atoms with Crippen molar-refractivity contribution in [3.63, 3.8) is 0 Å². The molecule has 2 N–H and O–H groups in total. The van der Waals surface area contributed by atoms with Crippen molar-refractivity contribution in [1.29, 1.82) is 0 Å². The summed E-state index contributed by atoms with van der Waals surface area (Å²) >= 11 is 0. The van der Waals surface area contributed by atoms with Crippen LogP contribution in [0.4, 0.5) is 16.2 Å². The molecule has 0 bridgehead atoms. The van der Waals surface area contributed by atoms with Gasteiger partial charge in [0.2, 0.25) is 0 Å². The number of anilines is 2. The maximum atomic E-state index is 12.1. The molecule has 4 heteroatoms. The number of rotatable bonds is 4. The molecule has 4 nitrogen and oxygen atoms in total. The summed E-state index contributed by atoms with van der Waals surface area (Å²) in [7, 11) is 0. The molecular formula is C17H20N2O2. The van der Waals surface area contributed by atoms with Crippen molar-refractivity contribution >= 4 is 17.4 Å². The van der Waals surface area contributed by atoms with Crippen LogP contribution in [0.3, 0.4) is 0 Å². The SMILES string of the molecule is Cc1ccccc1NC(=O)Nc1ccccc1OC(C)C. The Morgan fingerprint density at radius 2 is 1.52 bits per heavy atom. The van der Waals surface area contributed by atoms with Crippen molar-refractivity contribution in [3.8, 4) is 5.75 Å². The number of carbonyl (C=O) groups is 1. The van der Waals surface area contributed by atoms with E-state index in [1.54, 1.807) is 0 Å². The monoisotopic (exact) mass is 284 g/mol. The Morgan fingerprint density at radius 1 is 0.952 bits per heavy atom. The molecule has 0 heterocycles. The van der Waals surface area contributed by atoms with Gasteiger partial charge in [0.05, 0.1) is 11.8 Å². The molecule has 110 valence electrons. The van der Waals surface area contributed by atoms with E-state index in [1.807, 2.05) is 69.3 Å². The van der Waals surface area contributed by atoms with E-state index in [4.69, 9.17) is 4.74 Å². The lowest BCUT2D eigenvalue weighted by Crippen LogP contribution is -2.20. The number of carbonyl (C=O) groups excluding carboxylic acids is 1. The minimum atomic E-state index is -0.288. The van der Waals surface area contributed by atoms with Crippen molar-refractivity contribution in [2.75, 3.05) is 10.6 Å². The number of aryl methyl sites for hydroxylation is 1. The van der Waals surface area contributed by atoms with Gasteiger partial charge in [0.1, 0.15) is 5.75 Å². The fraction of sp³-hybridized carbons (Fsp3) is 0.235. The summed E-state index contributed by atoms with van der Waals surface area (Å²) in [6.45, 7) is 5.85. The number of benzene rings is 2. The van der Waals surface area contributed by atoms with Crippen molar-refractivity contribution in [1.82, 2.24) is 0 Å². The molecule has 2 aromatic carbocycles. The molecule has 0 aliphatic rings. The van der Waals surface area contributed by atoms with Gasteiger partial charge in [-0.2, -0.15) is 0 Å². The summed E-state index contributed by atoms with van der Waals surface area (Å²) in [4.78, 5) is 12.1. The summed E-state index contributed by atoms with van der Waals surface area (Å²) in [5, 5.41) is 5.65. The number of amides is 2. The van der Waals surface area contributed by atoms with Crippen LogP contribution in [0.25, 0.3) is 0 Å². The molecule has 0 fully saturated rings. The van der Waals surface area contributed by atoms with Crippen molar-refractivity contribution in [2.45, 2.75) is 26.9 Å². The predicted molar refractivity (Wildman–Crippen MR) is 86.0 cm³/mol. The Morgan fingerprint density at radius 3 is 2.19 bits per heavy atom. The first kappa shape index (κ1) is 14.9. The number of urea groups is 1. The van der Waals surface area contributed by atoms with Crippen LogP contribution in [-0.2, 0) is 0 Å². The smallest absolute Gasteiger partial charge is 0.323 e. The Kier molecular flexibility index (Phi) is 4.82. The minimum Gasteiger partial charge on any atom is -0.489 e. The molecule has 0 atom stereocenters. The van der Waals surface area contributed by atoms with Gasteiger partial charge in [0.15, 0.2) is 0 Å². The molecule has 0 saturated carbocycles. The fourth-order valence-electron chi connectivity index (χ4n) is 1.92. The van der Waals surface area contributed by atoms with Gasteiger partial charge in [-0.15, -0.1) is 0 Å². The van der Waals surface area contributed by atoms with Gasteiger partial charge in [-0.05, 0) is 44.5 Å². The fourth-order valence-corrected chi connectivity index (χ4v) is 1.92. The molecule has 0 radical (unpaired) electrons. The zero-order valence-electron chi connectivity index (χ0n) is 12.5. The van der Waals surface area contributed by atoms with E-state index in [-0.39, 0.29) is 12.1 Å². The van der Waals surface area contributed by atoms with E-state index < -0.39 is 0 Å². The first-order chi connectivity index (χ1) is 10.1. The average molecular weight is 284 g/mol. The Hall–Kier alpha value is -2.49. The van der Waals surface area contributed by atoms with Crippen LogP contribution in [0.1, 0.15) is 19.4 Å². The van der Waals surface area contributed by atoms with Crippen molar-refractivity contribution in [2.24, 2.45) is 0 Å². The van der Waals surface area contributed by atoms with Gasteiger partial charge in [-0.25, -0.2) is 4.79 Å². The predicted octanol–water partition coefficient (Wildman–Crippen LogP) is 4.43. The van der Waals surface area contributed by atoms with Crippen LogP contribution in [0.5, 0.6) is 5.75 Å². The third kappa shape index (κ3) is 4.24. The third-order valence-corrected chi connectivity index (χ3v) is 2.89. The van der Waals surface area contributed by atoms with Gasteiger partial charge in [-0.1, -0.05) is 30.3 Å². The van der Waals surface area contributed by atoms with Crippen LogP contribution >= 0.6 is 0 Å². The number of ether oxygens (including phenoxy) is 1. The van der Waals surface area contributed by atoms with Crippen LogP contribution < -0.4 is 15.4 Å². The molecular weight excluding hydrogens is 264 g/mol. The highest BCUT2D eigenvalue weighted by atomic mass is 16.5. The summed E-state index contributed by atoms with van der Waals surface area (Å²) < 4.78 is 5.68. The number of nitrogens with one attached hydrogen (secondary N) is 2. The van der Waals surface area contributed by atoms with Gasteiger partial charge in [-0.3, -0.25) is 0 Å². The molecule has 0 spiro atoms. The molecule has 2 aromatic rings. The van der Waals surface area contributed by atoms with Crippen LogP contribution in [0.15, 0.2) is 48.5 Å². The normalized spacial score (nSPS) is 10.3. The topological polar surface area (TPSA) is 50.4 Å². The van der Waals surface area contributed by atoms with E-state index in [0.29, 0.717) is 11.4 Å². The van der Waals surface area contributed by atoms with Crippen LogP contribution in [-0.4, -0.2) is 12.1 Å². The largest absolute Gasteiger partial charge is 0.489 e. The summed E-state index contributed by atoms with van der Waals surface area (Å²) in [5.74, 6) is 0.660. The molecule has 0 aliphatic heterocycles. The first-order valence-electron chi connectivity index (χ1n) is 6.95. The summed E-state index contributed by atoms with van der Waals surface area (Å²) in [5.41, 5.74) is 2.45. The number of para-hydroxylation sites is 3. The first-order valence-corrected chi connectivity index (χ1v) is 6.95. The maximum absolute atomic E-state index is 12.1. The molecule has 0 aliphatic carbocycles. The van der Waals surface area contributed by atoms with E-state index in [0.717, 1.165) is 11.3 Å². The van der Waals surface area contributed by atoms with E-state index in [2.05, 4.69) is 10.6 Å². The quantitative estimate of drug-likeness (QED) is 0.872. The second-order valence-corrected chi connectivity index (χ2v) is 5.06. The van der Waals surface area contributed by atoms with E-state index in [1.165, 1.54) is 0 Å². The zero-order valence-corrected chi connectivity index (χ0v) is 12.5. The lowest BCUT2D eigenvalue weighted by molar-refractivity contribution is 0.243. The van der Waals surface area contributed by atoms with Crippen LogP contribution in [0.2, 0.25) is 0 Å². The molecule has 21 heavy (non-hydrogen) atoms. The summed E-state index contributed by atoms with van der Waals surface area (Å²) in [6.07, 6.45) is 0.0485. The minimum absolute atomic E-state index is 0.0485. The number of hydrogen-bond donors (Lipinski definition) is 2. The lowest BCUT2D eigenvalue weighted by atomic mass is 10.2. The summed E-state index contributed by atoms with van der Waals surface area (Å²) in [6, 6.07) is 14.7. The van der Waals surface area contributed by atoms with Gasteiger partial charge in [0, 0.05) is 5.69 Å². The Bertz CT molecular complexity index is 624. The Labute approximate surface area is 125 Å². The molecule has 2 rings (SSSR count). The second-order valence-electron chi connectivity index (χ2n) is 5.06. The second kappa shape index (κ2) is 6.79. The van der Waals surface area contributed by atoms with E-state index >= 15 is 0 Å². The third-order valence-electron chi connectivity index (χ3n) is 2.89. The Balaban J connectivity index is 2.08. The van der Waals surface area contributed by atoms with Crippen molar-refractivity contribution < 1.29 is 9.53 Å². The lowest BCUT2D eigenvalue weighted by Gasteiger charge is -2.15. The highest BCUT2D eigenvalue weighted by Gasteiger charge is 2.09. The molecule has 0 aromatic heterocycles. The highest BCUT2D eigenvalue weighted by molar-refractivity contribution is 6.01. The van der Waals surface area contributed by atoms with Gasteiger partial charge in [0.25, 0.3) is 0 Å². The van der Waals surface area contributed by atoms with Gasteiger partial charge >= 0.3 is 6.03 Å². The average Bonchev–Trinajstić information content (AvgIpc) is 2.43.